The highest BCUT2D eigenvalue weighted by Crippen LogP contribution is 2.08. The van der Waals surface area contributed by atoms with Gasteiger partial charge in [-0.2, -0.15) is 0 Å². The minimum Gasteiger partial charge on any atom is -0.352 e. The van der Waals surface area contributed by atoms with E-state index in [4.69, 9.17) is 11.6 Å². The number of halogens is 1. The molecular formula is C14H20ClNO. The highest BCUT2D eigenvalue weighted by Gasteiger charge is 2.07. The quantitative estimate of drug-likeness (QED) is 0.611. The molecule has 1 amide bonds. The number of benzene rings is 1. The summed E-state index contributed by atoms with van der Waals surface area (Å²) in [6, 6.07) is 7.63. The SMILES string of the molecule is Cc1ccccc1C(=O)NCCCC(C)CCl. The number of alkyl halides is 1. The van der Waals surface area contributed by atoms with E-state index < -0.39 is 0 Å². The molecule has 17 heavy (non-hydrogen) atoms. The highest BCUT2D eigenvalue weighted by molar-refractivity contribution is 6.18. The van der Waals surface area contributed by atoms with Gasteiger partial charge in [0.2, 0.25) is 0 Å². The molecular weight excluding hydrogens is 234 g/mol. The van der Waals surface area contributed by atoms with Crippen molar-refractivity contribution in [1.82, 2.24) is 5.32 Å². The molecule has 0 aliphatic carbocycles. The number of hydrogen-bond acceptors (Lipinski definition) is 1. The lowest BCUT2D eigenvalue weighted by atomic mass is 10.1. The molecule has 0 spiro atoms. The minimum atomic E-state index is 0.0154. The maximum absolute atomic E-state index is 11.8. The summed E-state index contributed by atoms with van der Waals surface area (Å²) in [4.78, 5) is 11.8. The van der Waals surface area contributed by atoms with Gasteiger partial charge in [0.1, 0.15) is 0 Å². The van der Waals surface area contributed by atoms with Crippen LogP contribution in [-0.2, 0) is 0 Å². The van der Waals surface area contributed by atoms with Crippen LogP contribution < -0.4 is 5.32 Å². The molecule has 0 heterocycles. The summed E-state index contributed by atoms with van der Waals surface area (Å²) in [5.41, 5.74) is 1.78. The zero-order valence-electron chi connectivity index (χ0n) is 10.5. The first kappa shape index (κ1) is 14.0. The third-order valence-electron chi connectivity index (χ3n) is 2.81. The average molecular weight is 254 g/mol. The molecule has 0 aromatic heterocycles. The van der Waals surface area contributed by atoms with Gasteiger partial charge in [0.15, 0.2) is 0 Å². The Hall–Kier alpha value is -1.02. The van der Waals surface area contributed by atoms with Gasteiger partial charge in [0, 0.05) is 18.0 Å². The van der Waals surface area contributed by atoms with Crippen molar-refractivity contribution in [1.29, 1.82) is 0 Å². The van der Waals surface area contributed by atoms with Gasteiger partial charge in [0.25, 0.3) is 5.91 Å². The van der Waals surface area contributed by atoms with Gasteiger partial charge in [-0.25, -0.2) is 0 Å². The van der Waals surface area contributed by atoms with E-state index in [0.29, 0.717) is 18.3 Å². The average Bonchev–Trinajstić information content (AvgIpc) is 2.34. The summed E-state index contributed by atoms with van der Waals surface area (Å²) in [7, 11) is 0. The fourth-order valence-corrected chi connectivity index (χ4v) is 1.81. The van der Waals surface area contributed by atoms with E-state index in [0.717, 1.165) is 24.0 Å². The standard InChI is InChI=1S/C14H20ClNO/c1-11(10-15)6-5-9-16-14(17)13-8-4-3-7-12(13)2/h3-4,7-8,11H,5-6,9-10H2,1-2H3,(H,16,17). The van der Waals surface area contributed by atoms with E-state index in [1.165, 1.54) is 0 Å². The number of carbonyl (C=O) groups excluding carboxylic acids is 1. The topological polar surface area (TPSA) is 29.1 Å². The summed E-state index contributed by atoms with van der Waals surface area (Å²) < 4.78 is 0. The van der Waals surface area contributed by atoms with E-state index in [-0.39, 0.29) is 5.91 Å². The number of amides is 1. The van der Waals surface area contributed by atoms with Gasteiger partial charge < -0.3 is 5.32 Å². The van der Waals surface area contributed by atoms with Crippen molar-refractivity contribution in [3.63, 3.8) is 0 Å². The van der Waals surface area contributed by atoms with Crippen LogP contribution in [0.1, 0.15) is 35.7 Å². The third kappa shape index (κ3) is 4.78. The second-order valence-corrected chi connectivity index (χ2v) is 4.78. The summed E-state index contributed by atoms with van der Waals surface area (Å²) in [5.74, 6) is 1.22. The van der Waals surface area contributed by atoms with Gasteiger partial charge in [-0.1, -0.05) is 25.1 Å². The van der Waals surface area contributed by atoms with E-state index in [2.05, 4.69) is 12.2 Å². The molecule has 1 N–H and O–H groups in total. The van der Waals surface area contributed by atoms with E-state index >= 15 is 0 Å². The molecule has 0 aliphatic rings. The number of carbonyl (C=O) groups is 1. The van der Waals surface area contributed by atoms with Crippen LogP contribution >= 0.6 is 11.6 Å². The Balaban J connectivity index is 2.33. The molecule has 1 rings (SSSR count). The Morgan fingerprint density at radius 1 is 1.41 bits per heavy atom. The minimum absolute atomic E-state index is 0.0154. The van der Waals surface area contributed by atoms with Gasteiger partial charge in [-0.05, 0) is 37.3 Å². The lowest BCUT2D eigenvalue weighted by molar-refractivity contribution is 0.0952. The van der Waals surface area contributed by atoms with Gasteiger partial charge in [0.05, 0.1) is 0 Å². The fourth-order valence-electron chi connectivity index (χ4n) is 1.65. The first-order valence-corrected chi connectivity index (χ1v) is 6.58. The maximum atomic E-state index is 11.8. The summed E-state index contributed by atoms with van der Waals surface area (Å²) >= 11 is 5.72. The van der Waals surface area contributed by atoms with Crippen LogP contribution in [0.25, 0.3) is 0 Å². The molecule has 0 saturated heterocycles. The second-order valence-electron chi connectivity index (χ2n) is 4.47. The van der Waals surface area contributed by atoms with Crippen LogP contribution in [0.2, 0.25) is 0 Å². The zero-order chi connectivity index (χ0) is 12.7. The Morgan fingerprint density at radius 2 is 2.12 bits per heavy atom. The fraction of sp³-hybridized carbons (Fsp3) is 0.500. The number of aryl methyl sites for hydroxylation is 1. The van der Waals surface area contributed by atoms with Crippen LogP contribution in [-0.4, -0.2) is 18.3 Å². The summed E-state index contributed by atoms with van der Waals surface area (Å²) in [6.45, 7) is 4.79. The van der Waals surface area contributed by atoms with Crippen molar-refractivity contribution >= 4 is 17.5 Å². The van der Waals surface area contributed by atoms with Crippen LogP contribution in [0.4, 0.5) is 0 Å². The molecule has 0 radical (unpaired) electrons. The molecule has 3 heteroatoms. The molecule has 2 nitrogen and oxygen atoms in total. The van der Waals surface area contributed by atoms with Crippen molar-refractivity contribution in [2.75, 3.05) is 12.4 Å². The van der Waals surface area contributed by atoms with Gasteiger partial charge >= 0.3 is 0 Å². The van der Waals surface area contributed by atoms with Crippen LogP contribution in [0, 0.1) is 12.8 Å². The lowest BCUT2D eigenvalue weighted by Gasteiger charge is -2.09. The largest absolute Gasteiger partial charge is 0.352 e. The number of nitrogens with one attached hydrogen (secondary N) is 1. The van der Waals surface area contributed by atoms with Crippen molar-refractivity contribution in [2.24, 2.45) is 5.92 Å². The first-order valence-electron chi connectivity index (χ1n) is 6.05. The number of rotatable bonds is 6. The van der Waals surface area contributed by atoms with E-state index in [9.17, 15) is 4.79 Å². The normalized spacial score (nSPS) is 12.2. The molecule has 0 bridgehead atoms. The van der Waals surface area contributed by atoms with E-state index in [1.54, 1.807) is 0 Å². The second kappa shape index (κ2) is 7.33. The van der Waals surface area contributed by atoms with Crippen molar-refractivity contribution in [3.05, 3.63) is 35.4 Å². The molecule has 1 unspecified atom stereocenters. The number of hydrogen-bond donors (Lipinski definition) is 1. The third-order valence-corrected chi connectivity index (χ3v) is 3.34. The predicted molar refractivity (Wildman–Crippen MR) is 72.6 cm³/mol. The molecule has 0 fully saturated rings. The van der Waals surface area contributed by atoms with Crippen molar-refractivity contribution < 1.29 is 4.79 Å². The molecule has 0 aliphatic heterocycles. The zero-order valence-corrected chi connectivity index (χ0v) is 11.3. The van der Waals surface area contributed by atoms with E-state index in [1.807, 2.05) is 31.2 Å². The molecule has 1 aromatic rings. The van der Waals surface area contributed by atoms with Crippen LogP contribution in [0.15, 0.2) is 24.3 Å². The Kier molecular flexibility index (Phi) is 6.06. The van der Waals surface area contributed by atoms with Crippen LogP contribution in [0.5, 0.6) is 0 Å². The Labute approximate surface area is 108 Å². The molecule has 94 valence electrons. The van der Waals surface area contributed by atoms with Crippen molar-refractivity contribution in [3.8, 4) is 0 Å². The van der Waals surface area contributed by atoms with Gasteiger partial charge in [-0.3, -0.25) is 4.79 Å². The summed E-state index contributed by atoms with van der Waals surface area (Å²) in [6.07, 6.45) is 2.03. The maximum Gasteiger partial charge on any atom is 0.251 e. The predicted octanol–water partition coefficient (Wildman–Crippen LogP) is 3.38. The summed E-state index contributed by atoms with van der Waals surface area (Å²) in [5, 5.41) is 2.94. The highest BCUT2D eigenvalue weighted by atomic mass is 35.5. The first-order chi connectivity index (χ1) is 8.15. The monoisotopic (exact) mass is 253 g/mol. The van der Waals surface area contributed by atoms with Crippen molar-refractivity contribution in [2.45, 2.75) is 26.7 Å². The smallest absolute Gasteiger partial charge is 0.251 e. The lowest BCUT2D eigenvalue weighted by Crippen LogP contribution is -2.25. The molecule has 1 atom stereocenters. The van der Waals surface area contributed by atoms with Gasteiger partial charge in [-0.15, -0.1) is 11.6 Å². The van der Waals surface area contributed by atoms with Crippen LogP contribution in [0.3, 0.4) is 0 Å². The molecule has 0 saturated carbocycles. The molecule has 1 aromatic carbocycles. The Morgan fingerprint density at radius 3 is 2.76 bits per heavy atom. The Bertz CT molecular complexity index is 365.